The lowest BCUT2D eigenvalue weighted by molar-refractivity contribution is -0.274. The van der Waals surface area contributed by atoms with Gasteiger partial charge in [0.05, 0.1) is 0 Å². The predicted octanol–water partition coefficient (Wildman–Crippen LogP) is 8.03. The Morgan fingerprint density at radius 2 is 1.48 bits per heavy atom. The first-order valence-corrected chi connectivity index (χ1v) is 10.6. The molecule has 1 nitrogen and oxygen atoms in total. The van der Waals surface area contributed by atoms with Gasteiger partial charge in [0.15, 0.2) is 0 Å². The molecule has 0 aliphatic carbocycles. The molecular formula is C27H21F5O. The minimum Gasteiger partial charge on any atom is -0.406 e. The van der Waals surface area contributed by atoms with Gasteiger partial charge in [-0.25, -0.2) is 8.78 Å². The molecule has 0 radical (unpaired) electrons. The van der Waals surface area contributed by atoms with E-state index in [9.17, 15) is 17.6 Å². The number of benzene rings is 4. The fourth-order valence-corrected chi connectivity index (χ4v) is 3.85. The van der Waals surface area contributed by atoms with Crippen molar-refractivity contribution in [2.45, 2.75) is 32.5 Å². The predicted molar refractivity (Wildman–Crippen MR) is 119 cm³/mol. The fourth-order valence-electron chi connectivity index (χ4n) is 3.85. The first kappa shape index (κ1) is 22.8. The molecular weight excluding hydrogens is 435 g/mol. The molecule has 0 saturated carbocycles. The van der Waals surface area contributed by atoms with E-state index in [4.69, 9.17) is 0 Å². The molecule has 33 heavy (non-hydrogen) atoms. The van der Waals surface area contributed by atoms with Crippen LogP contribution in [-0.4, -0.2) is 6.36 Å². The number of hydrogen-bond donors (Lipinski definition) is 0. The van der Waals surface area contributed by atoms with Crippen LogP contribution < -0.4 is 4.74 Å². The summed E-state index contributed by atoms with van der Waals surface area (Å²) in [5.41, 5.74) is 3.33. The van der Waals surface area contributed by atoms with E-state index >= 15 is 4.39 Å². The molecule has 0 heterocycles. The average molecular weight is 456 g/mol. The normalized spacial score (nSPS) is 11.7. The van der Waals surface area contributed by atoms with Gasteiger partial charge in [-0.2, -0.15) is 0 Å². The van der Waals surface area contributed by atoms with Crippen LogP contribution in [0.3, 0.4) is 0 Å². The van der Waals surface area contributed by atoms with E-state index in [0.717, 1.165) is 17.5 Å². The highest BCUT2D eigenvalue weighted by Crippen LogP contribution is 2.30. The van der Waals surface area contributed by atoms with Gasteiger partial charge < -0.3 is 4.74 Å². The molecule has 0 unspecified atom stereocenters. The van der Waals surface area contributed by atoms with Gasteiger partial charge in [0.25, 0.3) is 0 Å². The number of hydrogen-bond acceptors (Lipinski definition) is 1. The third-order valence-corrected chi connectivity index (χ3v) is 5.63. The quantitative estimate of drug-likeness (QED) is 0.267. The molecule has 0 spiro atoms. The molecule has 6 heteroatoms. The highest BCUT2D eigenvalue weighted by atomic mass is 19.4. The molecule has 4 aromatic carbocycles. The molecule has 0 bridgehead atoms. The van der Waals surface area contributed by atoms with Crippen molar-refractivity contribution >= 4 is 10.8 Å². The molecule has 4 rings (SSSR count). The van der Waals surface area contributed by atoms with Crippen LogP contribution in [0.4, 0.5) is 22.0 Å². The van der Waals surface area contributed by atoms with E-state index < -0.39 is 6.36 Å². The van der Waals surface area contributed by atoms with Gasteiger partial charge in [0, 0.05) is 10.9 Å². The first-order valence-electron chi connectivity index (χ1n) is 10.6. The summed E-state index contributed by atoms with van der Waals surface area (Å²) < 4.78 is 70.3. The highest BCUT2D eigenvalue weighted by molar-refractivity contribution is 5.88. The minimum absolute atomic E-state index is 0.292. The van der Waals surface area contributed by atoms with E-state index in [0.29, 0.717) is 40.3 Å². The van der Waals surface area contributed by atoms with Crippen molar-refractivity contribution in [2.75, 3.05) is 0 Å². The fraction of sp³-hybridized carbons (Fsp3) is 0.185. The zero-order valence-corrected chi connectivity index (χ0v) is 17.8. The zero-order valence-electron chi connectivity index (χ0n) is 17.8. The van der Waals surface area contributed by atoms with Crippen LogP contribution in [0.25, 0.3) is 21.9 Å². The first-order chi connectivity index (χ1) is 15.7. The molecule has 0 aromatic heterocycles. The van der Waals surface area contributed by atoms with Crippen molar-refractivity contribution in [1.82, 2.24) is 0 Å². The van der Waals surface area contributed by atoms with Crippen molar-refractivity contribution in [3.63, 3.8) is 0 Å². The maximum absolute atomic E-state index is 15.1. The Kier molecular flexibility index (Phi) is 6.36. The minimum atomic E-state index is -4.74. The summed E-state index contributed by atoms with van der Waals surface area (Å²) in [7, 11) is 0. The van der Waals surface area contributed by atoms with Crippen LogP contribution in [0.2, 0.25) is 0 Å². The molecule has 0 fully saturated rings. The summed E-state index contributed by atoms with van der Waals surface area (Å²) in [6, 6.07) is 19.3. The summed E-state index contributed by atoms with van der Waals surface area (Å²) >= 11 is 0. The number of fused-ring (bicyclic) bond motifs is 1. The van der Waals surface area contributed by atoms with Crippen molar-refractivity contribution in [3.05, 3.63) is 101 Å². The molecule has 0 atom stereocenters. The summed E-state index contributed by atoms with van der Waals surface area (Å²) in [6.07, 6.45) is -3.15. The Morgan fingerprint density at radius 1 is 0.758 bits per heavy atom. The second-order valence-electron chi connectivity index (χ2n) is 7.83. The van der Waals surface area contributed by atoms with Crippen LogP contribution >= 0.6 is 0 Å². The molecule has 170 valence electrons. The van der Waals surface area contributed by atoms with E-state index in [-0.39, 0.29) is 17.4 Å². The number of halogens is 5. The van der Waals surface area contributed by atoms with Gasteiger partial charge in [0.1, 0.15) is 17.4 Å². The third kappa shape index (κ3) is 5.33. The third-order valence-electron chi connectivity index (χ3n) is 5.63. The van der Waals surface area contributed by atoms with Crippen molar-refractivity contribution < 1.29 is 26.7 Å². The number of aryl methyl sites for hydroxylation is 3. The molecule has 0 saturated heterocycles. The van der Waals surface area contributed by atoms with E-state index in [2.05, 4.69) is 4.74 Å². The van der Waals surface area contributed by atoms with Gasteiger partial charge in [-0.1, -0.05) is 55.5 Å². The lowest BCUT2D eigenvalue weighted by Gasteiger charge is -2.11. The number of rotatable bonds is 6. The Morgan fingerprint density at radius 3 is 2.15 bits per heavy atom. The van der Waals surface area contributed by atoms with Gasteiger partial charge in [-0.15, -0.1) is 13.2 Å². The van der Waals surface area contributed by atoms with Gasteiger partial charge in [-0.3, -0.25) is 0 Å². The lowest BCUT2D eigenvalue weighted by Crippen LogP contribution is -2.17. The molecule has 0 aliphatic heterocycles. The highest BCUT2D eigenvalue weighted by Gasteiger charge is 2.30. The largest absolute Gasteiger partial charge is 0.573 e. The summed E-state index contributed by atoms with van der Waals surface area (Å²) in [4.78, 5) is 0. The lowest BCUT2D eigenvalue weighted by atomic mass is 9.96. The Balaban J connectivity index is 1.52. The van der Waals surface area contributed by atoms with E-state index in [1.165, 1.54) is 30.3 Å². The number of alkyl halides is 3. The van der Waals surface area contributed by atoms with Gasteiger partial charge in [-0.05, 0) is 71.2 Å². The van der Waals surface area contributed by atoms with Crippen LogP contribution in [0.5, 0.6) is 5.75 Å². The second kappa shape index (κ2) is 9.22. The average Bonchev–Trinajstić information content (AvgIpc) is 2.78. The van der Waals surface area contributed by atoms with Gasteiger partial charge >= 0.3 is 6.36 Å². The summed E-state index contributed by atoms with van der Waals surface area (Å²) in [6.45, 7) is 1.96. The number of ether oxygens (including phenoxy) is 1. The van der Waals surface area contributed by atoms with Crippen molar-refractivity contribution in [1.29, 1.82) is 0 Å². The molecule has 0 N–H and O–H groups in total. The van der Waals surface area contributed by atoms with Crippen molar-refractivity contribution in [2.24, 2.45) is 0 Å². The Labute approximate surface area is 188 Å². The maximum atomic E-state index is 15.1. The summed E-state index contributed by atoms with van der Waals surface area (Å²) in [5, 5.41) is 1.11. The van der Waals surface area contributed by atoms with Crippen LogP contribution in [-0.2, 0) is 19.3 Å². The topological polar surface area (TPSA) is 9.23 Å². The molecule has 0 amide bonds. The second-order valence-corrected chi connectivity index (χ2v) is 7.83. The Bertz CT molecular complexity index is 1280. The van der Waals surface area contributed by atoms with Crippen LogP contribution in [0, 0.1) is 11.6 Å². The molecule has 0 aliphatic rings. The Hall–Kier alpha value is -3.41. The van der Waals surface area contributed by atoms with Crippen LogP contribution in [0.1, 0.15) is 23.6 Å². The van der Waals surface area contributed by atoms with Crippen molar-refractivity contribution in [3.8, 4) is 16.9 Å². The summed E-state index contributed by atoms with van der Waals surface area (Å²) in [5.74, 6) is -0.949. The van der Waals surface area contributed by atoms with Crippen LogP contribution in [0.15, 0.2) is 72.8 Å². The monoisotopic (exact) mass is 456 g/mol. The molecule has 4 aromatic rings. The van der Waals surface area contributed by atoms with E-state index in [1.807, 2.05) is 13.0 Å². The smallest absolute Gasteiger partial charge is 0.406 e. The zero-order chi connectivity index (χ0) is 23.6. The SMILES string of the molecule is CCc1ccc(-c2ccc3c(F)c(CCc4ccc(OC(F)(F)F)cc4)ccc3c2)c(F)c1. The maximum Gasteiger partial charge on any atom is 0.573 e. The standard InChI is InChI=1S/C27H21F5O/c1-2-17-6-13-23(25(28)15-17)20-10-14-24-21(16-20)9-8-19(26(24)29)7-3-18-4-11-22(12-5-18)33-27(30,31)32/h4-6,8-16H,2-3,7H2,1H3. The van der Waals surface area contributed by atoms with E-state index in [1.54, 1.807) is 36.4 Å². The van der Waals surface area contributed by atoms with Gasteiger partial charge in [0.2, 0.25) is 0 Å².